The van der Waals surface area contributed by atoms with Gasteiger partial charge in [0.15, 0.2) is 10.8 Å². The van der Waals surface area contributed by atoms with Crippen molar-refractivity contribution in [2.75, 3.05) is 11.9 Å². The molecule has 7 nitrogen and oxygen atoms in total. The van der Waals surface area contributed by atoms with E-state index in [0.717, 1.165) is 22.2 Å². The SMILES string of the molecule is CCNc1nc(Sc2ncc[nH]2)c2[nH]cnc2n1. The first kappa shape index (κ1) is 11.0. The highest BCUT2D eigenvalue weighted by Crippen LogP contribution is 2.28. The fourth-order valence-corrected chi connectivity index (χ4v) is 2.32. The summed E-state index contributed by atoms with van der Waals surface area (Å²) in [5.74, 6) is 0.575. The van der Waals surface area contributed by atoms with Crippen molar-refractivity contribution >= 4 is 28.9 Å². The van der Waals surface area contributed by atoms with Gasteiger partial charge in [-0.05, 0) is 18.7 Å². The molecule has 3 heterocycles. The molecule has 0 atom stereocenters. The number of imidazole rings is 2. The van der Waals surface area contributed by atoms with Crippen LogP contribution in [0.15, 0.2) is 28.9 Å². The van der Waals surface area contributed by atoms with E-state index in [0.29, 0.717) is 11.6 Å². The Balaban J connectivity index is 2.04. The van der Waals surface area contributed by atoms with Crippen LogP contribution >= 0.6 is 11.8 Å². The first-order chi connectivity index (χ1) is 8.86. The summed E-state index contributed by atoms with van der Waals surface area (Å²) in [4.78, 5) is 23.2. The van der Waals surface area contributed by atoms with Gasteiger partial charge in [0.1, 0.15) is 10.5 Å². The molecule has 0 radical (unpaired) electrons. The molecule has 0 aliphatic rings. The normalized spacial score (nSPS) is 10.9. The summed E-state index contributed by atoms with van der Waals surface area (Å²) in [6.45, 7) is 2.76. The van der Waals surface area contributed by atoms with E-state index in [1.807, 2.05) is 6.92 Å². The Labute approximate surface area is 107 Å². The molecule has 0 aliphatic carbocycles. The maximum atomic E-state index is 4.45. The van der Waals surface area contributed by atoms with Gasteiger partial charge in [0, 0.05) is 18.9 Å². The van der Waals surface area contributed by atoms with Gasteiger partial charge in [0.2, 0.25) is 5.95 Å². The second-order valence-electron chi connectivity index (χ2n) is 3.48. The minimum atomic E-state index is 0.575. The van der Waals surface area contributed by atoms with Crippen molar-refractivity contribution in [3.8, 4) is 0 Å². The molecule has 8 heteroatoms. The van der Waals surface area contributed by atoms with Gasteiger partial charge < -0.3 is 15.3 Å². The monoisotopic (exact) mass is 261 g/mol. The Hall–Kier alpha value is -2.09. The number of H-pyrrole nitrogens is 2. The van der Waals surface area contributed by atoms with Crippen molar-refractivity contribution in [1.82, 2.24) is 29.9 Å². The van der Waals surface area contributed by atoms with Crippen LogP contribution < -0.4 is 5.32 Å². The molecule has 0 saturated carbocycles. The van der Waals surface area contributed by atoms with Gasteiger partial charge in [-0.1, -0.05) is 0 Å². The van der Waals surface area contributed by atoms with E-state index in [9.17, 15) is 0 Å². The zero-order valence-electron chi connectivity index (χ0n) is 9.64. The lowest BCUT2D eigenvalue weighted by Gasteiger charge is -2.04. The smallest absolute Gasteiger partial charge is 0.225 e. The van der Waals surface area contributed by atoms with Gasteiger partial charge in [-0.2, -0.15) is 4.98 Å². The van der Waals surface area contributed by atoms with E-state index in [2.05, 4.69) is 35.2 Å². The van der Waals surface area contributed by atoms with Crippen LogP contribution in [-0.4, -0.2) is 36.4 Å². The van der Waals surface area contributed by atoms with Crippen LogP contribution in [0.5, 0.6) is 0 Å². The number of fused-ring (bicyclic) bond motifs is 1. The Morgan fingerprint density at radius 3 is 3.00 bits per heavy atom. The second kappa shape index (κ2) is 4.65. The zero-order valence-corrected chi connectivity index (χ0v) is 10.5. The summed E-state index contributed by atoms with van der Waals surface area (Å²) in [6.07, 6.45) is 5.10. The van der Waals surface area contributed by atoms with E-state index in [1.165, 1.54) is 11.8 Å². The molecule has 0 unspecified atom stereocenters. The van der Waals surface area contributed by atoms with Gasteiger partial charge >= 0.3 is 0 Å². The second-order valence-corrected chi connectivity index (χ2v) is 4.46. The molecule has 0 saturated heterocycles. The topological polar surface area (TPSA) is 95.2 Å². The fourth-order valence-electron chi connectivity index (χ4n) is 1.52. The van der Waals surface area contributed by atoms with Crippen LogP contribution in [0.1, 0.15) is 6.92 Å². The highest BCUT2D eigenvalue weighted by molar-refractivity contribution is 7.99. The lowest BCUT2D eigenvalue weighted by Crippen LogP contribution is -2.03. The summed E-state index contributed by atoms with van der Waals surface area (Å²) < 4.78 is 0. The van der Waals surface area contributed by atoms with Crippen molar-refractivity contribution in [3.63, 3.8) is 0 Å². The molecule has 0 spiro atoms. The van der Waals surface area contributed by atoms with E-state index >= 15 is 0 Å². The van der Waals surface area contributed by atoms with E-state index in [-0.39, 0.29) is 0 Å². The van der Waals surface area contributed by atoms with Crippen LogP contribution in [0.2, 0.25) is 0 Å². The van der Waals surface area contributed by atoms with Crippen LogP contribution in [0.3, 0.4) is 0 Å². The Morgan fingerprint density at radius 1 is 1.28 bits per heavy atom. The average Bonchev–Trinajstić information content (AvgIpc) is 2.99. The van der Waals surface area contributed by atoms with Gasteiger partial charge in [-0.15, -0.1) is 0 Å². The molecule has 0 bridgehead atoms. The summed E-state index contributed by atoms with van der Waals surface area (Å²) in [5, 5.41) is 4.67. The van der Waals surface area contributed by atoms with Gasteiger partial charge in [-0.3, -0.25) is 0 Å². The third kappa shape index (κ3) is 2.02. The standard InChI is InChI=1S/C10H11N7S/c1-2-11-9-16-7-6(14-5-15-7)8(17-9)18-10-12-3-4-13-10/h3-5H,2H2,1H3,(H,12,13)(H2,11,14,15,16,17). The summed E-state index contributed by atoms with van der Waals surface area (Å²) in [6, 6.07) is 0. The van der Waals surface area contributed by atoms with E-state index in [1.54, 1.807) is 18.7 Å². The minimum absolute atomic E-state index is 0.575. The Morgan fingerprint density at radius 2 is 2.22 bits per heavy atom. The van der Waals surface area contributed by atoms with Crippen molar-refractivity contribution in [3.05, 3.63) is 18.7 Å². The summed E-state index contributed by atoms with van der Waals surface area (Å²) in [7, 11) is 0. The van der Waals surface area contributed by atoms with Crippen molar-refractivity contribution in [2.45, 2.75) is 17.1 Å². The number of rotatable bonds is 4. The van der Waals surface area contributed by atoms with Crippen LogP contribution in [0, 0.1) is 0 Å². The highest BCUT2D eigenvalue weighted by atomic mass is 32.2. The largest absolute Gasteiger partial charge is 0.354 e. The number of aromatic amines is 2. The predicted octanol–water partition coefficient (Wildman–Crippen LogP) is 1.66. The predicted molar refractivity (Wildman–Crippen MR) is 68.6 cm³/mol. The molecule has 0 aromatic carbocycles. The van der Waals surface area contributed by atoms with Crippen LogP contribution in [0.4, 0.5) is 5.95 Å². The molecule has 3 aromatic rings. The minimum Gasteiger partial charge on any atom is -0.354 e. The summed E-state index contributed by atoms with van der Waals surface area (Å²) in [5.41, 5.74) is 1.47. The summed E-state index contributed by atoms with van der Waals surface area (Å²) >= 11 is 1.44. The lowest BCUT2D eigenvalue weighted by atomic mass is 10.5. The maximum absolute atomic E-state index is 4.45. The van der Waals surface area contributed by atoms with Gasteiger partial charge in [-0.25, -0.2) is 15.0 Å². The van der Waals surface area contributed by atoms with Crippen LogP contribution in [-0.2, 0) is 0 Å². The number of nitrogens with zero attached hydrogens (tertiary/aromatic N) is 4. The maximum Gasteiger partial charge on any atom is 0.225 e. The van der Waals surface area contributed by atoms with E-state index in [4.69, 9.17) is 0 Å². The fraction of sp³-hybridized carbons (Fsp3) is 0.200. The number of aromatic nitrogens is 6. The molecular weight excluding hydrogens is 250 g/mol. The number of nitrogens with one attached hydrogen (secondary N) is 3. The van der Waals surface area contributed by atoms with E-state index < -0.39 is 0 Å². The lowest BCUT2D eigenvalue weighted by molar-refractivity contribution is 1.02. The molecule has 3 N–H and O–H groups in total. The van der Waals surface area contributed by atoms with Crippen LogP contribution in [0.25, 0.3) is 11.2 Å². The number of anilines is 1. The molecule has 0 fully saturated rings. The Kier molecular flexibility index (Phi) is 2.85. The molecular formula is C10H11N7S. The quantitative estimate of drug-likeness (QED) is 0.618. The molecule has 3 aromatic heterocycles. The number of hydrogen-bond acceptors (Lipinski definition) is 6. The van der Waals surface area contributed by atoms with Crippen molar-refractivity contribution in [1.29, 1.82) is 0 Å². The zero-order chi connectivity index (χ0) is 12.4. The van der Waals surface area contributed by atoms with Crippen molar-refractivity contribution < 1.29 is 0 Å². The Bertz CT molecular complexity index is 645. The molecule has 0 amide bonds. The first-order valence-electron chi connectivity index (χ1n) is 5.49. The third-order valence-corrected chi connectivity index (χ3v) is 3.16. The molecule has 0 aliphatic heterocycles. The number of hydrogen-bond donors (Lipinski definition) is 3. The molecule has 92 valence electrons. The third-order valence-electron chi connectivity index (χ3n) is 2.25. The molecule has 18 heavy (non-hydrogen) atoms. The highest BCUT2D eigenvalue weighted by Gasteiger charge is 2.11. The van der Waals surface area contributed by atoms with Crippen molar-refractivity contribution in [2.24, 2.45) is 0 Å². The van der Waals surface area contributed by atoms with Gasteiger partial charge in [0.25, 0.3) is 0 Å². The average molecular weight is 261 g/mol. The molecule has 3 rings (SSSR count). The van der Waals surface area contributed by atoms with Gasteiger partial charge in [0.05, 0.1) is 6.33 Å². The first-order valence-corrected chi connectivity index (χ1v) is 6.30.